The van der Waals surface area contributed by atoms with Crippen LogP contribution in [0, 0.1) is 18.8 Å². The van der Waals surface area contributed by atoms with Gasteiger partial charge in [-0.05, 0) is 48.4 Å². The first-order chi connectivity index (χ1) is 8.63. The molecule has 0 amide bonds. The molecular formula is C16H24ClN. The molecule has 2 rings (SSSR count). The van der Waals surface area contributed by atoms with Gasteiger partial charge in [-0.25, -0.2) is 0 Å². The number of benzene rings is 1. The van der Waals surface area contributed by atoms with Gasteiger partial charge in [-0.1, -0.05) is 50.3 Å². The predicted molar refractivity (Wildman–Crippen MR) is 78.9 cm³/mol. The maximum absolute atomic E-state index is 6.55. The molecule has 100 valence electrons. The first-order valence-corrected chi connectivity index (χ1v) is 7.53. The summed E-state index contributed by atoms with van der Waals surface area (Å²) in [4.78, 5) is 0. The second-order valence-electron chi connectivity index (χ2n) is 5.64. The van der Waals surface area contributed by atoms with E-state index < -0.39 is 0 Å². The van der Waals surface area contributed by atoms with Gasteiger partial charge < -0.3 is 5.73 Å². The van der Waals surface area contributed by atoms with Crippen molar-refractivity contribution in [1.29, 1.82) is 0 Å². The summed E-state index contributed by atoms with van der Waals surface area (Å²) < 4.78 is 0. The molecule has 1 aromatic rings. The lowest BCUT2D eigenvalue weighted by molar-refractivity contribution is 0.196. The van der Waals surface area contributed by atoms with Crippen LogP contribution in [0.3, 0.4) is 0 Å². The summed E-state index contributed by atoms with van der Waals surface area (Å²) in [6.45, 7) is 4.43. The fourth-order valence-electron chi connectivity index (χ4n) is 3.42. The molecule has 3 unspecified atom stereocenters. The first kappa shape index (κ1) is 13.9. The molecule has 18 heavy (non-hydrogen) atoms. The standard InChI is InChI=1S/C16H24ClN/c1-3-12-6-4-5-7-14(12)16(18)15-10-13(17)9-8-11(15)2/h8-10,12,14,16H,3-7,18H2,1-2H3. The van der Waals surface area contributed by atoms with Gasteiger partial charge in [-0.15, -0.1) is 0 Å². The van der Waals surface area contributed by atoms with Crippen LogP contribution in [0.15, 0.2) is 18.2 Å². The minimum absolute atomic E-state index is 0.147. The van der Waals surface area contributed by atoms with Crippen molar-refractivity contribution in [3.8, 4) is 0 Å². The lowest BCUT2D eigenvalue weighted by Crippen LogP contribution is -2.30. The molecule has 2 N–H and O–H groups in total. The molecule has 1 saturated carbocycles. The van der Waals surface area contributed by atoms with Gasteiger partial charge in [-0.2, -0.15) is 0 Å². The molecule has 3 atom stereocenters. The van der Waals surface area contributed by atoms with Crippen molar-refractivity contribution in [3.63, 3.8) is 0 Å². The Kier molecular flexibility index (Phi) is 4.69. The zero-order chi connectivity index (χ0) is 13.1. The lowest BCUT2D eigenvalue weighted by atomic mass is 9.72. The molecular weight excluding hydrogens is 242 g/mol. The van der Waals surface area contributed by atoms with E-state index in [-0.39, 0.29) is 6.04 Å². The van der Waals surface area contributed by atoms with E-state index in [0.717, 1.165) is 10.9 Å². The molecule has 1 nitrogen and oxygen atoms in total. The van der Waals surface area contributed by atoms with Gasteiger partial charge >= 0.3 is 0 Å². The minimum Gasteiger partial charge on any atom is -0.324 e. The van der Waals surface area contributed by atoms with E-state index in [2.05, 4.69) is 26.0 Å². The fraction of sp³-hybridized carbons (Fsp3) is 0.625. The number of rotatable bonds is 3. The van der Waals surface area contributed by atoms with Gasteiger partial charge in [0, 0.05) is 11.1 Å². The Bertz CT molecular complexity index is 402. The zero-order valence-electron chi connectivity index (χ0n) is 11.5. The van der Waals surface area contributed by atoms with Gasteiger partial charge in [-0.3, -0.25) is 0 Å². The summed E-state index contributed by atoms with van der Waals surface area (Å²) in [5.41, 5.74) is 9.06. The molecule has 1 aromatic carbocycles. The van der Waals surface area contributed by atoms with Gasteiger partial charge in [0.1, 0.15) is 0 Å². The van der Waals surface area contributed by atoms with Gasteiger partial charge in [0.25, 0.3) is 0 Å². The third kappa shape index (κ3) is 2.89. The Morgan fingerprint density at radius 1 is 1.33 bits per heavy atom. The number of aryl methyl sites for hydroxylation is 1. The van der Waals surface area contributed by atoms with Crippen LogP contribution in [-0.2, 0) is 0 Å². The summed E-state index contributed by atoms with van der Waals surface area (Å²) >= 11 is 6.11. The topological polar surface area (TPSA) is 26.0 Å². The number of nitrogens with two attached hydrogens (primary N) is 1. The molecule has 0 aromatic heterocycles. The van der Waals surface area contributed by atoms with Crippen LogP contribution < -0.4 is 5.73 Å². The van der Waals surface area contributed by atoms with Crippen molar-refractivity contribution < 1.29 is 0 Å². The van der Waals surface area contributed by atoms with Crippen molar-refractivity contribution in [2.75, 3.05) is 0 Å². The second kappa shape index (κ2) is 6.08. The Morgan fingerprint density at radius 2 is 2.06 bits per heavy atom. The highest BCUT2D eigenvalue weighted by molar-refractivity contribution is 6.30. The third-order valence-electron chi connectivity index (χ3n) is 4.55. The van der Waals surface area contributed by atoms with Crippen LogP contribution in [0.5, 0.6) is 0 Å². The summed E-state index contributed by atoms with van der Waals surface area (Å²) in [6, 6.07) is 6.24. The highest BCUT2D eigenvalue weighted by atomic mass is 35.5. The Morgan fingerprint density at radius 3 is 2.78 bits per heavy atom. The maximum atomic E-state index is 6.55. The monoisotopic (exact) mass is 265 g/mol. The predicted octanol–water partition coefficient (Wildman–Crippen LogP) is 4.86. The van der Waals surface area contributed by atoms with Gasteiger partial charge in [0.05, 0.1) is 0 Å². The number of hydrogen-bond donors (Lipinski definition) is 1. The van der Waals surface area contributed by atoms with E-state index in [1.807, 2.05) is 6.07 Å². The molecule has 0 radical (unpaired) electrons. The molecule has 0 spiro atoms. The van der Waals surface area contributed by atoms with Crippen molar-refractivity contribution in [1.82, 2.24) is 0 Å². The fourth-order valence-corrected chi connectivity index (χ4v) is 3.60. The maximum Gasteiger partial charge on any atom is 0.0409 e. The Labute approximate surface area is 116 Å². The summed E-state index contributed by atoms with van der Waals surface area (Å²) in [7, 11) is 0. The lowest BCUT2D eigenvalue weighted by Gasteiger charge is -2.35. The van der Waals surface area contributed by atoms with Crippen molar-refractivity contribution in [2.45, 2.75) is 52.0 Å². The Balaban J connectivity index is 2.23. The highest BCUT2D eigenvalue weighted by Gasteiger charge is 2.30. The molecule has 0 aliphatic heterocycles. The average Bonchev–Trinajstić information content (AvgIpc) is 2.40. The van der Waals surface area contributed by atoms with E-state index in [4.69, 9.17) is 17.3 Å². The van der Waals surface area contributed by atoms with Crippen LogP contribution in [0.1, 0.15) is 56.2 Å². The van der Waals surface area contributed by atoms with Crippen LogP contribution in [-0.4, -0.2) is 0 Å². The number of halogens is 1. The largest absolute Gasteiger partial charge is 0.324 e. The quantitative estimate of drug-likeness (QED) is 0.829. The van der Waals surface area contributed by atoms with Gasteiger partial charge in [0.2, 0.25) is 0 Å². The van der Waals surface area contributed by atoms with E-state index >= 15 is 0 Å². The summed E-state index contributed by atoms with van der Waals surface area (Å²) in [5.74, 6) is 1.41. The van der Waals surface area contributed by atoms with Gasteiger partial charge in [0.15, 0.2) is 0 Å². The van der Waals surface area contributed by atoms with Crippen molar-refractivity contribution >= 4 is 11.6 Å². The highest BCUT2D eigenvalue weighted by Crippen LogP contribution is 2.40. The normalized spacial score (nSPS) is 26.0. The van der Waals surface area contributed by atoms with E-state index in [1.54, 1.807) is 0 Å². The molecule has 0 saturated heterocycles. The van der Waals surface area contributed by atoms with E-state index in [1.165, 1.54) is 43.2 Å². The van der Waals surface area contributed by atoms with Crippen LogP contribution >= 0.6 is 11.6 Å². The van der Waals surface area contributed by atoms with Crippen LogP contribution in [0.25, 0.3) is 0 Å². The summed E-state index contributed by atoms with van der Waals surface area (Å²) in [5, 5.41) is 0.801. The smallest absolute Gasteiger partial charge is 0.0409 e. The minimum atomic E-state index is 0.147. The Hall–Kier alpha value is -0.530. The molecule has 1 aliphatic rings. The molecule has 0 heterocycles. The van der Waals surface area contributed by atoms with E-state index in [9.17, 15) is 0 Å². The SMILES string of the molecule is CCC1CCCCC1C(N)c1cc(Cl)ccc1C. The zero-order valence-corrected chi connectivity index (χ0v) is 12.2. The number of hydrogen-bond acceptors (Lipinski definition) is 1. The average molecular weight is 266 g/mol. The van der Waals surface area contributed by atoms with Crippen LogP contribution in [0.4, 0.5) is 0 Å². The molecule has 1 aliphatic carbocycles. The van der Waals surface area contributed by atoms with Crippen molar-refractivity contribution in [3.05, 3.63) is 34.3 Å². The van der Waals surface area contributed by atoms with E-state index in [0.29, 0.717) is 5.92 Å². The molecule has 1 fully saturated rings. The van der Waals surface area contributed by atoms with Crippen LogP contribution in [0.2, 0.25) is 5.02 Å². The second-order valence-corrected chi connectivity index (χ2v) is 6.08. The van der Waals surface area contributed by atoms with Crippen molar-refractivity contribution in [2.24, 2.45) is 17.6 Å². The molecule has 2 heteroatoms. The molecule has 0 bridgehead atoms. The summed E-state index contributed by atoms with van der Waals surface area (Å²) in [6.07, 6.45) is 6.56. The first-order valence-electron chi connectivity index (χ1n) is 7.15. The third-order valence-corrected chi connectivity index (χ3v) is 4.79.